The largest absolute Gasteiger partial charge is 0.454 e. The van der Waals surface area contributed by atoms with E-state index < -0.39 is 0 Å². The molecule has 0 radical (unpaired) electrons. The van der Waals surface area contributed by atoms with Crippen LogP contribution in [0.1, 0.15) is 30.9 Å². The molecular formula is C35H33N3O4. The maximum Gasteiger partial charge on any atom is 0.231 e. The van der Waals surface area contributed by atoms with Crippen LogP contribution in [0.4, 0.5) is 5.82 Å². The average molecular weight is 560 g/mol. The molecule has 0 atom stereocenters. The van der Waals surface area contributed by atoms with E-state index in [1.54, 1.807) is 0 Å². The monoisotopic (exact) mass is 559 g/mol. The number of unbranched alkanes of at least 4 members (excludes halogenated alkanes) is 1. The Morgan fingerprint density at radius 2 is 1.21 bits per heavy atom. The maximum absolute atomic E-state index is 5.74. The predicted molar refractivity (Wildman–Crippen MR) is 163 cm³/mol. The van der Waals surface area contributed by atoms with Crippen molar-refractivity contribution in [2.75, 3.05) is 18.5 Å². The minimum Gasteiger partial charge on any atom is -0.454 e. The molecule has 0 saturated heterocycles. The van der Waals surface area contributed by atoms with Crippen molar-refractivity contribution in [2.24, 2.45) is 0 Å². The third-order valence-corrected chi connectivity index (χ3v) is 7.68. The molecule has 0 aliphatic carbocycles. The summed E-state index contributed by atoms with van der Waals surface area (Å²) in [4.78, 5) is 7.78. The summed E-state index contributed by atoms with van der Waals surface area (Å²) < 4.78 is 25.1. The second-order valence-electron chi connectivity index (χ2n) is 10.6. The first-order valence-electron chi connectivity index (χ1n) is 14.5. The zero-order valence-corrected chi connectivity index (χ0v) is 23.7. The molecule has 0 saturated carbocycles. The van der Waals surface area contributed by atoms with Gasteiger partial charge in [0.2, 0.25) is 13.6 Å². The number of imidazole rings is 1. The average Bonchev–Trinajstić information content (AvgIpc) is 3.79. The fourth-order valence-corrected chi connectivity index (χ4v) is 5.62. The topological polar surface area (TPSA) is 58.0 Å². The van der Waals surface area contributed by atoms with E-state index in [0.717, 1.165) is 82.0 Å². The van der Waals surface area contributed by atoms with Gasteiger partial charge in [-0.05, 0) is 41.8 Å². The molecule has 0 bridgehead atoms. The van der Waals surface area contributed by atoms with Gasteiger partial charge < -0.3 is 28.4 Å². The van der Waals surface area contributed by atoms with Gasteiger partial charge in [0.1, 0.15) is 17.3 Å². The summed E-state index contributed by atoms with van der Waals surface area (Å²) in [6.07, 6.45) is 2.12. The van der Waals surface area contributed by atoms with E-state index in [2.05, 4.69) is 89.2 Å². The van der Waals surface area contributed by atoms with Crippen molar-refractivity contribution in [3.8, 4) is 45.6 Å². The van der Waals surface area contributed by atoms with E-state index >= 15 is 0 Å². The molecule has 0 spiro atoms. The Morgan fingerprint density at radius 1 is 0.667 bits per heavy atom. The van der Waals surface area contributed by atoms with Crippen LogP contribution in [0.2, 0.25) is 0 Å². The standard InChI is InChI=1S/C35H33N3O4/c1-2-3-18-38-34(28-12-8-5-9-13-28)36-33(27-10-6-4-7-11-27)35(38)37(21-25-14-16-29-31(19-25)41-23-39-29)22-26-15-17-30-32(20-26)42-24-40-30/h4-17,19-20H,2-3,18,21-24H2,1H3. The molecule has 0 fully saturated rings. The number of anilines is 1. The minimum absolute atomic E-state index is 0.252. The van der Waals surface area contributed by atoms with Gasteiger partial charge >= 0.3 is 0 Å². The molecular weight excluding hydrogens is 526 g/mol. The van der Waals surface area contributed by atoms with Gasteiger partial charge in [0.25, 0.3) is 0 Å². The lowest BCUT2D eigenvalue weighted by Crippen LogP contribution is -2.26. The molecule has 2 aliphatic heterocycles. The SMILES string of the molecule is CCCCn1c(-c2ccccc2)nc(-c2ccccc2)c1N(Cc1ccc2c(c1)OCO2)Cc1ccc2c(c1)OCO2. The Morgan fingerprint density at radius 3 is 1.79 bits per heavy atom. The Balaban J connectivity index is 1.40. The minimum atomic E-state index is 0.252. The summed E-state index contributed by atoms with van der Waals surface area (Å²) in [5.41, 5.74) is 5.41. The molecule has 4 aromatic carbocycles. The smallest absolute Gasteiger partial charge is 0.231 e. The van der Waals surface area contributed by atoms with Crippen LogP contribution in [0.3, 0.4) is 0 Å². The lowest BCUT2D eigenvalue weighted by atomic mass is 10.1. The molecule has 0 unspecified atom stereocenters. The van der Waals surface area contributed by atoms with Gasteiger partial charge in [-0.25, -0.2) is 4.98 Å². The molecule has 212 valence electrons. The highest BCUT2D eigenvalue weighted by Gasteiger charge is 2.26. The van der Waals surface area contributed by atoms with Gasteiger partial charge in [-0.15, -0.1) is 0 Å². The van der Waals surface area contributed by atoms with Crippen molar-refractivity contribution >= 4 is 5.82 Å². The summed E-state index contributed by atoms with van der Waals surface area (Å²) in [5, 5.41) is 0. The molecule has 2 aliphatic rings. The molecule has 0 N–H and O–H groups in total. The van der Waals surface area contributed by atoms with Crippen molar-refractivity contribution in [1.82, 2.24) is 9.55 Å². The summed E-state index contributed by atoms with van der Waals surface area (Å²) in [6, 6.07) is 33.4. The van der Waals surface area contributed by atoms with Crippen LogP contribution in [-0.4, -0.2) is 23.1 Å². The highest BCUT2D eigenvalue weighted by atomic mass is 16.7. The predicted octanol–water partition coefficient (Wildman–Crippen LogP) is 7.68. The van der Waals surface area contributed by atoms with Crippen LogP contribution >= 0.6 is 0 Å². The number of hydrogen-bond acceptors (Lipinski definition) is 6. The second-order valence-corrected chi connectivity index (χ2v) is 10.6. The van der Waals surface area contributed by atoms with E-state index in [1.165, 1.54) is 0 Å². The zero-order valence-electron chi connectivity index (χ0n) is 23.7. The zero-order chi connectivity index (χ0) is 28.3. The van der Waals surface area contributed by atoms with Crippen molar-refractivity contribution < 1.29 is 18.9 Å². The van der Waals surface area contributed by atoms with Gasteiger partial charge in [0.05, 0.1) is 0 Å². The van der Waals surface area contributed by atoms with Gasteiger partial charge in [-0.2, -0.15) is 0 Å². The number of hydrogen-bond donors (Lipinski definition) is 0. The van der Waals surface area contributed by atoms with Crippen molar-refractivity contribution in [3.05, 3.63) is 108 Å². The van der Waals surface area contributed by atoms with Gasteiger partial charge in [0, 0.05) is 30.8 Å². The Bertz CT molecular complexity index is 1620. The second kappa shape index (κ2) is 11.5. The Kier molecular flexibility index (Phi) is 7.14. The molecule has 7 heteroatoms. The van der Waals surface area contributed by atoms with Crippen molar-refractivity contribution in [3.63, 3.8) is 0 Å². The summed E-state index contributed by atoms with van der Waals surface area (Å²) in [5.74, 6) is 5.19. The van der Waals surface area contributed by atoms with Gasteiger partial charge in [0.15, 0.2) is 23.0 Å². The van der Waals surface area contributed by atoms with Crippen LogP contribution in [0, 0.1) is 0 Å². The van der Waals surface area contributed by atoms with Crippen LogP contribution in [0.15, 0.2) is 97.1 Å². The summed E-state index contributed by atoms with van der Waals surface area (Å²) in [7, 11) is 0. The van der Waals surface area contributed by atoms with E-state index in [0.29, 0.717) is 13.1 Å². The number of aromatic nitrogens is 2. The summed E-state index contributed by atoms with van der Waals surface area (Å²) in [6.45, 7) is 4.89. The third kappa shape index (κ3) is 5.14. The van der Waals surface area contributed by atoms with Crippen LogP contribution in [0.25, 0.3) is 22.6 Å². The first-order chi connectivity index (χ1) is 20.8. The van der Waals surface area contributed by atoms with E-state index in [4.69, 9.17) is 23.9 Å². The molecule has 1 aromatic heterocycles. The van der Waals surface area contributed by atoms with Crippen molar-refractivity contribution in [2.45, 2.75) is 39.4 Å². The third-order valence-electron chi connectivity index (χ3n) is 7.68. The molecule has 42 heavy (non-hydrogen) atoms. The quantitative estimate of drug-likeness (QED) is 0.175. The number of benzene rings is 4. The number of ether oxygens (including phenoxy) is 4. The number of fused-ring (bicyclic) bond motifs is 2. The fraction of sp³-hybridized carbons (Fsp3) is 0.229. The normalized spacial score (nSPS) is 13.0. The number of rotatable bonds is 10. The van der Waals surface area contributed by atoms with E-state index in [1.807, 2.05) is 24.3 Å². The highest BCUT2D eigenvalue weighted by molar-refractivity contribution is 5.78. The molecule has 7 nitrogen and oxygen atoms in total. The lowest BCUT2D eigenvalue weighted by Gasteiger charge is -2.28. The molecule has 0 amide bonds. The molecule has 3 heterocycles. The maximum atomic E-state index is 5.74. The van der Waals surface area contributed by atoms with Crippen LogP contribution in [0.5, 0.6) is 23.0 Å². The van der Waals surface area contributed by atoms with Crippen molar-refractivity contribution in [1.29, 1.82) is 0 Å². The lowest BCUT2D eigenvalue weighted by molar-refractivity contribution is 0.173. The Labute approximate surface area is 245 Å². The first kappa shape index (κ1) is 26.0. The molecule has 7 rings (SSSR count). The van der Waals surface area contributed by atoms with Gasteiger partial charge in [-0.3, -0.25) is 0 Å². The Hall–Kier alpha value is -4.91. The van der Waals surface area contributed by atoms with Crippen LogP contribution in [-0.2, 0) is 19.6 Å². The van der Waals surface area contributed by atoms with E-state index in [-0.39, 0.29) is 13.6 Å². The van der Waals surface area contributed by atoms with Crippen LogP contribution < -0.4 is 23.8 Å². The van der Waals surface area contributed by atoms with E-state index in [9.17, 15) is 0 Å². The fourth-order valence-electron chi connectivity index (χ4n) is 5.62. The number of nitrogens with zero attached hydrogens (tertiary/aromatic N) is 3. The molecule has 5 aromatic rings. The van der Waals surface area contributed by atoms with Gasteiger partial charge in [-0.1, -0.05) is 86.1 Å². The highest BCUT2D eigenvalue weighted by Crippen LogP contribution is 2.40. The summed E-state index contributed by atoms with van der Waals surface area (Å²) >= 11 is 0. The first-order valence-corrected chi connectivity index (χ1v) is 14.5.